The summed E-state index contributed by atoms with van der Waals surface area (Å²) in [5.74, 6) is -2.60. The first-order valence-corrected chi connectivity index (χ1v) is 11.5. The van der Waals surface area contributed by atoms with Crippen LogP contribution < -0.4 is 10.6 Å². The van der Waals surface area contributed by atoms with Crippen LogP contribution in [-0.4, -0.2) is 50.9 Å². The van der Waals surface area contributed by atoms with E-state index in [9.17, 15) is 34.0 Å². The van der Waals surface area contributed by atoms with Crippen molar-refractivity contribution in [2.45, 2.75) is 12.5 Å². The van der Waals surface area contributed by atoms with Gasteiger partial charge in [-0.2, -0.15) is 0 Å². The minimum absolute atomic E-state index is 0.0628. The highest BCUT2D eigenvalue weighted by atomic mass is 19.1. The normalized spacial score (nSPS) is 11.5. The van der Waals surface area contributed by atoms with Crippen LogP contribution in [0.15, 0.2) is 66.9 Å². The Morgan fingerprint density at radius 3 is 2.56 bits per heavy atom. The highest BCUT2D eigenvalue weighted by Crippen LogP contribution is 2.31. The van der Waals surface area contributed by atoms with Crippen molar-refractivity contribution in [1.29, 1.82) is 0 Å². The van der Waals surface area contributed by atoms with E-state index < -0.39 is 41.0 Å². The van der Waals surface area contributed by atoms with E-state index in [1.54, 1.807) is 12.3 Å². The number of pyridine rings is 1. The SMILES string of the molecule is COC(=O)CNc1c(-c2ccc(F)cc2)nc2c(C(=O)NC(CC(=O)O)c3cccc([N+](=O)[O-])c3)cccn12. The van der Waals surface area contributed by atoms with E-state index >= 15 is 0 Å². The molecule has 1 atom stereocenters. The Balaban J connectivity index is 1.76. The predicted molar refractivity (Wildman–Crippen MR) is 137 cm³/mol. The van der Waals surface area contributed by atoms with Crippen molar-refractivity contribution in [3.8, 4) is 11.3 Å². The van der Waals surface area contributed by atoms with Crippen molar-refractivity contribution in [2.24, 2.45) is 0 Å². The molecule has 200 valence electrons. The second-order valence-corrected chi connectivity index (χ2v) is 8.34. The number of hydrogen-bond donors (Lipinski definition) is 3. The molecule has 0 aliphatic heterocycles. The number of halogens is 1. The van der Waals surface area contributed by atoms with Crippen LogP contribution in [0.4, 0.5) is 15.9 Å². The van der Waals surface area contributed by atoms with Gasteiger partial charge in [-0.3, -0.25) is 28.9 Å². The van der Waals surface area contributed by atoms with Crippen LogP contribution in [0.25, 0.3) is 16.9 Å². The first kappa shape index (κ1) is 26.7. The number of carbonyl (C=O) groups excluding carboxylic acids is 2. The summed E-state index contributed by atoms with van der Waals surface area (Å²) in [5, 5.41) is 26.2. The lowest BCUT2D eigenvalue weighted by molar-refractivity contribution is -0.384. The lowest BCUT2D eigenvalue weighted by Crippen LogP contribution is -2.30. The average molecular weight is 535 g/mol. The van der Waals surface area contributed by atoms with Crippen LogP contribution in [0.1, 0.15) is 28.4 Å². The monoisotopic (exact) mass is 535 g/mol. The van der Waals surface area contributed by atoms with Crippen molar-refractivity contribution < 1.29 is 33.5 Å². The molecule has 2 heterocycles. The summed E-state index contributed by atoms with van der Waals surface area (Å²) in [7, 11) is 1.23. The van der Waals surface area contributed by atoms with Gasteiger partial charge in [0.25, 0.3) is 11.6 Å². The summed E-state index contributed by atoms with van der Waals surface area (Å²) in [6.07, 6.45) is 1.07. The number of non-ortho nitro benzene ring substituents is 1. The number of anilines is 1. The lowest BCUT2D eigenvalue weighted by Gasteiger charge is -2.17. The van der Waals surface area contributed by atoms with Gasteiger partial charge in [-0.15, -0.1) is 0 Å². The number of fused-ring (bicyclic) bond motifs is 1. The Morgan fingerprint density at radius 1 is 1.15 bits per heavy atom. The van der Waals surface area contributed by atoms with Gasteiger partial charge in [0, 0.05) is 23.9 Å². The number of benzene rings is 2. The number of nitrogens with one attached hydrogen (secondary N) is 2. The number of amides is 1. The lowest BCUT2D eigenvalue weighted by atomic mass is 10.0. The maximum Gasteiger partial charge on any atom is 0.325 e. The van der Waals surface area contributed by atoms with E-state index in [1.165, 1.54) is 66.1 Å². The fraction of sp³-hybridized carbons (Fsp3) is 0.154. The number of ether oxygens (including phenoxy) is 1. The predicted octanol–water partition coefficient (Wildman–Crippen LogP) is 3.58. The summed E-state index contributed by atoms with van der Waals surface area (Å²) < 4.78 is 19.8. The Morgan fingerprint density at radius 2 is 1.90 bits per heavy atom. The quantitative estimate of drug-likeness (QED) is 0.156. The van der Waals surface area contributed by atoms with Gasteiger partial charge < -0.3 is 20.5 Å². The summed E-state index contributed by atoms with van der Waals surface area (Å²) in [6, 6.07) is 12.8. The highest BCUT2D eigenvalue weighted by molar-refractivity contribution is 6.01. The molecule has 0 spiro atoms. The molecule has 3 N–H and O–H groups in total. The zero-order chi connectivity index (χ0) is 28.1. The Bertz CT molecular complexity index is 1570. The molecule has 2 aromatic carbocycles. The Hall–Kier alpha value is -5.33. The van der Waals surface area contributed by atoms with Gasteiger partial charge in [0.1, 0.15) is 23.9 Å². The van der Waals surface area contributed by atoms with E-state index in [0.29, 0.717) is 17.1 Å². The van der Waals surface area contributed by atoms with Gasteiger partial charge in [-0.05, 0) is 42.0 Å². The maximum absolute atomic E-state index is 13.6. The molecule has 0 bridgehead atoms. The number of nitrogens with zero attached hydrogens (tertiary/aromatic N) is 3. The number of rotatable bonds is 10. The minimum Gasteiger partial charge on any atom is -0.481 e. The maximum atomic E-state index is 13.6. The number of hydrogen-bond acceptors (Lipinski definition) is 8. The minimum atomic E-state index is -1.22. The van der Waals surface area contributed by atoms with Gasteiger partial charge in [-0.25, -0.2) is 9.37 Å². The molecule has 39 heavy (non-hydrogen) atoms. The average Bonchev–Trinajstić information content (AvgIpc) is 3.30. The molecular weight excluding hydrogens is 513 g/mol. The van der Waals surface area contributed by atoms with Crippen molar-refractivity contribution >= 4 is 35.0 Å². The van der Waals surface area contributed by atoms with Crippen LogP contribution in [-0.2, 0) is 14.3 Å². The molecule has 12 nitrogen and oxygen atoms in total. The Labute approximate surface area is 220 Å². The van der Waals surface area contributed by atoms with Gasteiger partial charge in [0.15, 0.2) is 5.65 Å². The molecule has 0 aliphatic carbocycles. The van der Waals surface area contributed by atoms with E-state index in [2.05, 4.69) is 20.4 Å². The smallest absolute Gasteiger partial charge is 0.325 e. The largest absolute Gasteiger partial charge is 0.481 e. The topological polar surface area (TPSA) is 165 Å². The van der Waals surface area contributed by atoms with Crippen LogP contribution in [0.5, 0.6) is 0 Å². The number of methoxy groups -OCH3 is 1. The number of nitro groups is 1. The van der Waals surface area contributed by atoms with Gasteiger partial charge in [0.2, 0.25) is 0 Å². The van der Waals surface area contributed by atoms with Gasteiger partial charge in [0.05, 0.1) is 30.1 Å². The number of aliphatic carboxylic acids is 1. The second-order valence-electron chi connectivity index (χ2n) is 8.34. The van der Waals surface area contributed by atoms with Crippen LogP contribution in [0.3, 0.4) is 0 Å². The first-order chi connectivity index (χ1) is 18.7. The zero-order valence-corrected chi connectivity index (χ0v) is 20.5. The van der Waals surface area contributed by atoms with Crippen molar-refractivity contribution in [3.63, 3.8) is 0 Å². The number of carboxylic acid groups (broad SMARTS) is 1. The molecule has 0 saturated carbocycles. The molecule has 1 amide bonds. The molecule has 4 rings (SSSR count). The number of nitro benzene ring substituents is 1. The number of carbonyl (C=O) groups is 3. The first-order valence-electron chi connectivity index (χ1n) is 11.5. The summed E-state index contributed by atoms with van der Waals surface area (Å²) in [6.45, 7) is -0.220. The third-order valence-electron chi connectivity index (χ3n) is 5.81. The van der Waals surface area contributed by atoms with E-state index in [-0.39, 0.29) is 29.0 Å². The third-order valence-corrected chi connectivity index (χ3v) is 5.81. The number of esters is 1. The van der Waals surface area contributed by atoms with Crippen molar-refractivity contribution in [2.75, 3.05) is 19.0 Å². The molecule has 4 aromatic rings. The van der Waals surface area contributed by atoms with Gasteiger partial charge >= 0.3 is 11.9 Å². The molecule has 0 saturated heterocycles. The molecule has 2 aromatic heterocycles. The number of imidazole rings is 1. The Kier molecular flexibility index (Phi) is 7.80. The third kappa shape index (κ3) is 5.98. The fourth-order valence-electron chi connectivity index (χ4n) is 3.97. The van der Waals surface area contributed by atoms with E-state index in [0.717, 1.165) is 0 Å². The van der Waals surface area contributed by atoms with Crippen LogP contribution in [0.2, 0.25) is 0 Å². The van der Waals surface area contributed by atoms with Crippen LogP contribution in [0, 0.1) is 15.9 Å². The van der Waals surface area contributed by atoms with Crippen LogP contribution >= 0.6 is 0 Å². The summed E-state index contributed by atoms with van der Waals surface area (Å²) in [4.78, 5) is 51.9. The fourth-order valence-corrected chi connectivity index (χ4v) is 3.97. The molecule has 0 fully saturated rings. The van der Waals surface area contributed by atoms with Crippen molar-refractivity contribution in [3.05, 3.63) is 93.9 Å². The summed E-state index contributed by atoms with van der Waals surface area (Å²) >= 11 is 0. The van der Waals surface area contributed by atoms with E-state index in [4.69, 9.17) is 0 Å². The van der Waals surface area contributed by atoms with Gasteiger partial charge in [-0.1, -0.05) is 12.1 Å². The van der Waals surface area contributed by atoms with Crippen molar-refractivity contribution in [1.82, 2.24) is 14.7 Å². The second kappa shape index (κ2) is 11.4. The highest BCUT2D eigenvalue weighted by Gasteiger charge is 2.24. The molecule has 0 radical (unpaired) electrons. The summed E-state index contributed by atoms with van der Waals surface area (Å²) in [5.41, 5.74) is 1.03. The number of aromatic nitrogens is 2. The molecular formula is C26H22FN5O7. The standard InChI is InChI=1S/C26H22FN5O7/c1-39-22(35)14-28-25-23(15-7-9-17(27)10-8-15)30-24-19(6-3-11-31(24)25)26(36)29-20(13-21(33)34)16-4-2-5-18(12-16)32(37)38/h2-12,20,28H,13-14H2,1H3,(H,29,36)(H,33,34). The zero-order valence-electron chi connectivity index (χ0n) is 20.5. The number of carboxylic acids is 1. The molecule has 0 aliphatic rings. The molecule has 1 unspecified atom stereocenters. The van der Waals surface area contributed by atoms with E-state index in [1.807, 2.05) is 0 Å². The molecule has 13 heteroatoms.